The Bertz CT molecular complexity index is 289. The summed E-state index contributed by atoms with van der Waals surface area (Å²) in [6, 6.07) is -0.126. The van der Waals surface area contributed by atoms with Crippen molar-refractivity contribution in [2.45, 2.75) is 59.0 Å². The second-order valence-electron chi connectivity index (χ2n) is 5.26. The molecule has 1 N–H and O–H groups in total. The molecule has 98 valence electrons. The van der Waals surface area contributed by atoms with Gasteiger partial charge in [0.15, 0.2) is 0 Å². The number of carbonyl (C=O) groups excluding carboxylic acids is 2. The molecule has 17 heavy (non-hydrogen) atoms. The topological polar surface area (TPSA) is 49.4 Å². The van der Waals surface area contributed by atoms with E-state index >= 15 is 0 Å². The minimum absolute atomic E-state index is 0.0107. The minimum atomic E-state index is -0.279. The molecule has 1 aliphatic heterocycles. The molecule has 0 aromatic rings. The lowest BCUT2D eigenvalue weighted by Crippen LogP contribution is -2.60. The molecule has 0 bridgehead atoms. The van der Waals surface area contributed by atoms with E-state index in [0.29, 0.717) is 12.3 Å². The highest BCUT2D eigenvalue weighted by molar-refractivity contribution is 5.94. The second kappa shape index (κ2) is 6.03. The molecule has 4 heteroatoms. The van der Waals surface area contributed by atoms with Gasteiger partial charge in [0.05, 0.1) is 6.54 Å². The van der Waals surface area contributed by atoms with Crippen LogP contribution in [0.5, 0.6) is 0 Å². The van der Waals surface area contributed by atoms with Crippen molar-refractivity contribution in [1.82, 2.24) is 10.2 Å². The standard InChI is InChI=1S/C13H24N2O2/c1-5-11-13(17)14-8-12(16)15(11)10(4)7-6-9(2)3/h9-11H,5-8H2,1-4H3,(H,14,17). The van der Waals surface area contributed by atoms with E-state index in [-0.39, 0.29) is 30.4 Å². The summed E-state index contributed by atoms with van der Waals surface area (Å²) >= 11 is 0. The number of hydrogen-bond acceptors (Lipinski definition) is 2. The molecule has 1 saturated heterocycles. The van der Waals surface area contributed by atoms with Crippen molar-refractivity contribution in [2.24, 2.45) is 5.92 Å². The summed E-state index contributed by atoms with van der Waals surface area (Å²) in [6.45, 7) is 8.50. The molecular weight excluding hydrogens is 216 g/mol. The molecule has 0 radical (unpaired) electrons. The van der Waals surface area contributed by atoms with Crippen LogP contribution in [0.3, 0.4) is 0 Å². The van der Waals surface area contributed by atoms with Gasteiger partial charge in [0, 0.05) is 6.04 Å². The van der Waals surface area contributed by atoms with Crippen LogP contribution >= 0.6 is 0 Å². The van der Waals surface area contributed by atoms with E-state index in [2.05, 4.69) is 19.2 Å². The van der Waals surface area contributed by atoms with Crippen LogP contribution in [0.1, 0.15) is 47.0 Å². The van der Waals surface area contributed by atoms with Crippen molar-refractivity contribution in [2.75, 3.05) is 6.54 Å². The van der Waals surface area contributed by atoms with Gasteiger partial charge in [0.25, 0.3) is 0 Å². The van der Waals surface area contributed by atoms with E-state index in [9.17, 15) is 9.59 Å². The van der Waals surface area contributed by atoms with Gasteiger partial charge in [0.1, 0.15) is 6.04 Å². The molecule has 2 unspecified atom stereocenters. The van der Waals surface area contributed by atoms with Gasteiger partial charge < -0.3 is 10.2 Å². The average molecular weight is 240 g/mol. The second-order valence-corrected chi connectivity index (χ2v) is 5.26. The van der Waals surface area contributed by atoms with Crippen LogP contribution in [0.15, 0.2) is 0 Å². The average Bonchev–Trinajstić information content (AvgIpc) is 2.28. The fourth-order valence-electron chi connectivity index (χ4n) is 2.32. The number of nitrogens with one attached hydrogen (secondary N) is 1. The Kier molecular flexibility index (Phi) is 4.97. The van der Waals surface area contributed by atoms with E-state index in [1.54, 1.807) is 4.90 Å². The first-order valence-corrected chi connectivity index (χ1v) is 6.56. The summed E-state index contributed by atoms with van der Waals surface area (Å²) in [5.41, 5.74) is 0. The lowest BCUT2D eigenvalue weighted by Gasteiger charge is -2.39. The number of piperazine rings is 1. The summed E-state index contributed by atoms with van der Waals surface area (Å²) in [4.78, 5) is 25.4. The first kappa shape index (κ1) is 14.0. The Morgan fingerprint density at radius 3 is 2.47 bits per heavy atom. The van der Waals surface area contributed by atoms with Crippen molar-refractivity contribution in [1.29, 1.82) is 0 Å². The van der Waals surface area contributed by atoms with Gasteiger partial charge in [-0.15, -0.1) is 0 Å². The molecule has 2 atom stereocenters. The highest BCUT2D eigenvalue weighted by atomic mass is 16.2. The molecule has 0 aromatic heterocycles. The third-order valence-electron chi connectivity index (χ3n) is 3.36. The maximum absolute atomic E-state index is 11.9. The van der Waals surface area contributed by atoms with Gasteiger partial charge in [-0.25, -0.2) is 0 Å². The van der Waals surface area contributed by atoms with Crippen LogP contribution in [-0.2, 0) is 9.59 Å². The largest absolute Gasteiger partial charge is 0.345 e. The maximum atomic E-state index is 11.9. The summed E-state index contributed by atoms with van der Waals surface area (Å²) in [7, 11) is 0. The predicted molar refractivity (Wildman–Crippen MR) is 67.5 cm³/mol. The van der Waals surface area contributed by atoms with Crippen molar-refractivity contribution < 1.29 is 9.59 Å². The van der Waals surface area contributed by atoms with Crippen molar-refractivity contribution in [3.63, 3.8) is 0 Å². The molecule has 0 saturated carbocycles. The van der Waals surface area contributed by atoms with Gasteiger partial charge >= 0.3 is 0 Å². The third kappa shape index (κ3) is 3.45. The van der Waals surface area contributed by atoms with E-state index in [1.165, 1.54) is 0 Å². The molecular formula is C13H24N2O2. The van der Waals surface area contributed by atoms with Crippen LogP contribution in [0.4, 0.5) is 0 Å². The van der Waals surface area contributed by atoms with Crippen molar-refractivity contribution in [3.05, 3.63) is 0 Å². The van der Waals surface area contributed by atoms with Gasteiger partial charge in [-0.05, 0) is 32.1 Å². The normalized spacial score (nSPS) is 22.9. The number of hydrogen-bond donors (Lipinski definition) is 1. The Morgan fingerprint density at radius 1 is 1.29 bits per heavy atom. The minimum Gasteiger partial charge on any atom is -0.345 e. The molecule has 0 aromatic carbocycles. The SMILES string of the molecule is CCC1C(=O)NCC(=O)N1C(C)CCC(C)C. The number of carbonyl (C=O) groups is 2. The Hall–Kier alpha value is -1.06. The Labute approximate surface area is 104 Å². The molecule has 4 nitrogen and oxygen atoms in total. The molecule has 1 heterocycles. The lowest BCUT2D eigenvalue weighted by molar-refractivity contribution is -0.148. The molecule has 2 amide bonds. The zero-order chi connectivity index (χ0) is 13.0. The summed E-state index contributed by atoms with van der Waals surface area (Å²) in [6.07, 6.45) is 2.74. The molecule has 0 spiro atoms. The van der Waals surface area contributed by atoms with Crippen LogP contribution in [0.25, 0.3) is 0 Å². The van der Waals surface area contributed by atoms with E-state index in [1.807, 2.05) is 13.8 Å². The fraction of sp³-hybridized carbons (Fsp3) is 0.846. The van der Waals surface area contributed by atoms with Crippen LogP contribution < -0.4 is 5.32 Å². The van der Waals surface area contributed by atoms with Crippen molar-refractivity contribution >= 4 is 11.8 Å². The smallest absolute Gasteiger partial charge is 0.243 e. The Balaban J connectivity index is 2.68. The highest BCUT2D eigenvalue weighted by Crippen LogP contribution is 2.18. The monoisotopic (exact) mass is 240 g/mol. The molecule has 0 aliphatic carbocycles. The van der Waals surface area contributed by atoms with Gasteiger partial charge in [-0.1, -0.05) is 20.8 Å². The predicted octanol–water partition coefficient (Wildman–Crippen LogP) is 1.55. The van der Waals surface area contributed by atoms with Crippen LogP contribution in [0.2, 0.25) is 0 Å². The first-order chi connectivity index (χ1) is 7.97. The van der Waals surface area contributed by atoms with Gasteiger partial charge in [-0.3, -0.25) is 9.59 Å². The number of nitrogens with zero attached hydrogens (tertiary/aromatic N) is 1. The maximum Gasteiger partial charge on any atom is 0.243 e. The zero-order valence-corrected chi connectivity index (χ0v) is 11.3. The third-order valence-corrected chi connectivity index (χ3v) is 3.36. The van der Waals surface area contributed by atoms with Gasteiger partial charge in [0.2, 0.25) is 11.8 Å². The quantitative estimate of drug-likeness (QED) is 0.792. The zero-order valence-electron chi connectivity index (χ0n) is 11.3. The molecule has 1 aliphatic rings. The van der Waals surface area contributed by atoms with E-state index in [0.717, 1.165) is 12.8 Å². The van der Waals surface area contributed by atoms with E-state index in [4.69, 9.17) is 0 Å². The van der Waals surface area contributed by atoms with Gasteiger partial charge in [-0.2, -0.15) is 0 Å². The van der Waals surface area contributed by atoms with Crippen molar-refractivity contribution in [3.8, 4) is 0 Å². The molecule has 1 fully saturated rings. The summed E-state index contributed by atoms with van der Waals surface area (Å²) in [5, 5.41) is 2.65. The lowest BCUT2D eigenvalue weighted by atomic mass is 10.00. The number of rotatable bonds is 5. The van der Waals surface area contributed by atoms with E-state index < -0.39 is 0 Å². The highest BCUT2D eigenvalue weighted by Gasteiger charge is 2.35. The Morgan fingerprint density at radius 2 is 1.94 bits per heavy atom. The van der Waals surface area contributed by atoms with Crippen LogP contribution in [0, 0.1) is 5.92 Å². The summed E-state index contributed by atoms with van der Waals surface area (Å²) in [5.74, 6) is 0.669. The number of amides is 2. The first-order valence-electron chi connectivity index (χ1n) is 6.56. The van der Waals surface area contributed by atoms with Crippen LogP contribution in [-0.4, -0.2) is 35.3 Å². The molecule has 1 rings (SSSR count). The summed E-state index contributed by atoms with van der Waals surface area (Å²) < 4.78 is 0. The fourth-order valence-corrected chi connectivity index (χ4v) is 2.32.